The molecule has 0 heterocycles. The molecule has 106 valence electrons. The van der Waals surface area contributed by atoms with E-state index in [2.05, 4.69) is 0 Å². The van der Waals surface area contributed by atoms with Crippen LogP contribution in [-0.2, 0) is 18.3 Å². The Morgan fingerprint density at radius 2 is 1.68 bits per heavy atom. The van der Waals surface area contributed by atoms with E-state index >= 15 is 0 Å². The predicted molar refractivity (Wildman–Crippen MR) is 72.2 cm³/mol. The molecular weight excluding hydrogens is 267 g/mol. The van der Waals surface area contributed by atoms with Crippen LogP contribution in [0, 0.1) is 0 Å². The molecule has 5 nitrogen and oxygen atoms in total. The Morgan fingerprint density at radius 3 is 2.16 bits per heavy atom. The van der Waals surface area contributed by atoms with Crippen molar-refractivity contribution in [1.29, 1.82) is 0 Å². The Labute approximate surface area is 113 Å². The zero-order valence-electron chi connectivity index (χ0n) is 11.4. The van der Waals surface area contributed by atoms with Gasteiger partial charge < -0.3 is 13.8 Å². The van der Waals surface area contributed by atoms with Gasteiger partial charge in [-0.2, -0.15) is 0 Å². The summed E-state index contributed by atoms with van der Waals surface area (Å²) in [5.41, 5.74) is 0.397. The van der Waals surface area contributed by atoms with Crippen LogP contribution in [0.4, 0.5) is 0 Å². The van der Waals surface area contributed by atoms with Crippen molar-refractivity contribution in [2.45, 2.75) is 26.6 Å². The lowest BCUT2D eigenvalue weighted by atomic mass is 10.2. The molecule has 1 atom stereocenters. The van der Waals surface area contributed by atoms with E-state index < -0.39 is 19.4 Å². The fourth-order valence-electron chi connectivity index (χ4n) is 1.47. The summed E-state index contributed by atoms with van der Waals surface area (Å²) in [5.74, 6) is -1.49. The Kier molecular flexibility index (Phi) is 6.22. The Bertz CT molecular complexity index is 436. The van der Waals surface area contributed by atoms with Crippen molar-refractivity contribution in [1.82, 2.24) is 0 Å². The molecule has 6 heteroatoms. The molecule has 0 aliphatic carbocycles. The molecule has 1 aromatic rings. The van der Waals surface area contributed by atoms with Gasteiger partial charge in [0.2, 0.25) is 0 Å². The fourth-order valence-corrected chi connectivity index (χ4v) is 2.91. The average molecular weight is 286 g/mol. The lowest BCUT2D eigenvalue weighted by Gasteiger charge is -2.23. The summed E-state index contributed by atoms with van der Waals surface area (Å²) in [6, 6.07) is 8.51. The molecule has 0 saturated carbocycles. The minimum absolute atomic E-state index is 0.227. The molecule has 0 saturated heterocycles. The van der Waals surface area contributed by atoms with Gasteiger partial charge in [-0.3, -0.25) is 4.57 Å². The molecule has 1 rings (SSSR count). The smallest absolute Gasteiger partial charge is 0.370 e. The highest BCUT2D eigenvalue weighted by Gasteiger charge is 2.35. The van der Waals surface area contributed by atoms with Gasteiger partial charge in [0, 0.05) is 0 Å². The number of rotatable bonds is 7. The maximum absolute atomic E-state index is 12.4. The van der Waals surface area contributed by atoms with Crippen molar-refractivity contribution in [2.24, 2.45) is 0 Å². The van der Waals surface area contributed by atoms with Crippen LogP contribution in [-0.4, -0.2) is 25.0 Å². The second kappa shape index (κ2) is 7.43. The van der Waals surface area contributed by atoms with E-state index in [4.69, 9.17) is 13.8 Å². The molecule has 0 radical (unpaired) electrons. The molecule has 0 unspecified atom stereocenters. The van der Waals surface area contributed by atoms with E-state index in [0.29, 0.717) is 5.56 Å². The van der Waals surface area contributed by atoms with Gasteiger partial charge >= 0.3 is 13.6 Å². The van der Waals surface area contributed by atoms with Crippen LogP contribution in [0.5, 0.6) is 0 Å². The normalized spacial score (nSPS) is 13.0. The Balaban J connectivity index is 2.74. The lowest BCUT2D eigenvalue weighted by molar-refractivity contribution is 0.0398. The van der Waals surface area contributed by atoms with Crippen molar-refractivity contribution >= 4 is 13.6 Å². The third kappa shape index (κ3) is 4.46. The van der Waals surface area contributed by atoms with Gasteiger partial charge in [0.05, 0.1) is 18.8 Å². The highest BCUT2D eigenvalue weighted by molar-refractivity contribution is 7.54. The van der Waals surface area contributed by atoms with Crippen LogP contribution >= 0.6 is 7.60 Å². The van der Waals surface area contributed by atoms with Crippen molar-refractivity contribution in [3.05, 3.63) is 35.9 Å². The molecule has 1 aromatic carbocycles. The second-order valence-corrected chi connectivity index (χ2v) is 6.07. The lowest BCUT2D eigenvalue weighted by Crippen LogP contribution is -2.18. The van der Waals surface area contributed by atoms with Crippen LogP contribution < -0.4 is 0 Å². The van der Waals surface area contributed by atoms with Gasteiger partial charge in [-0.15, -0.1) is 0 Å². The van der Waals surface area contributed by atoms with Gasteiger partial charge in [0.15, 0.2) is 5.85 Å². The van der Waals surface area contributed by atoms with Gasteiger partial charge in [0.25, 0.3) is 0 Å². The maximum atomic E-state index is 12.4. The molecule has 19 heavy (non-hydrogen) atoms. The quantitative estimate of drug-likeness (QED) is 0.567. The highest BCUT2D eigenvalue weighted by Crippen LogP contribution is 2.53. The summed E-state index contributed by atoms with van der Waals surface area (Å²) >= 11 is 0. The molecule has 0 aliphatic rings. The number of hydrogen-bond acceptors (Lipinski definition) is 5. The Morgan fingerprint density at radius 1 is 1.16 bits per heavy atom. The van der Waals surface area contributed by atoms with Crippen LogP contribution in [0.2, 0.25) is 0 Å². The van der Waals surface area contributed by atoms with E-state index in [1.165, 1.54) is 6.92 Å². The van der Waals surface area contributed by atoms with Crippen LogP contribution in [0.1, 0.15) is 31.1 Å². The first-order valence-corrected chi connectivity index (χ1v) is 7.79. The van der Waals surface area contributed by atoms with E-state index in [9.17, 15) is 9.36 Å². The zero-order valence-corrected chi connectivity index (χ0v) is 12.3. The minimum Gasteiger partial charge on any atom is -0.446 e. The topological polar surface area (TPSA) is 61.8 Å². The summed E-state index contributed by atoms with van der Waals surface area (Å²) in [6.07, 6.45) is 0. The Hall–Kier alpha value is -1.16. The second-order valence-electron chi connectivity index (χ2n) is 3.75. The molecule has 0 aliphatic heterocycles. The highest BCUT2D eigenvalue weighted by atomic mass is 31.2. The summed E-state index contributed by atoms with van der Waals surface area (Å²) in [7, 11) is -3.43. The number of benzene rings is 1. The monoisotopic (exact) mass is 286 g/mol. The van der Waals surface area contributed by atoms with E-state index in [1.54, 1.807) is 44.2 Å². The molecule has 0 bridgehead atoms. The van der Waals surface area contributed by atoms with E-state index in [0.717, 1.165) is 0 Å². The largest absolute Gasteiger partial charge is 0.446 e. The number of hydrogen-bond donors (Lipinski definition) is 0. The number of ether oxygens (including phenoxy) is 1. The van der Waals surface area contributed by atoms with Gasteiger partial charge in [-0.25, -0.2) is 4.79 Å². The molecule has 0 aromatic heterocycles. The first-order chi connectivity index (χ1) is 9.03. The maximum Gasteiger partial charge on any atom is 0.370 e. The molecule has 0 fully saturated rings. The van der Waals surface area contributed by atoms with Crippen molar-refractivity contribution in [3.63, 3.8) is 0 Å². The van der Waals surface area contributed by atoms with Gasteiger partial charge in [-0.1, -0.05) is 18.2 Å². The third-order valence-electron chi connectivity index (χ3n) is 2.35. The predicted octanol–water partition coefficient (Wildman–Crippen LogP) is 3.46. The zero-order chi connectivity index (χ0) is 14.3. The summed E-state index contributed by atoms with van der Waals surface area (Å²) in [6.45, 7) is 5.37. The standard InChI is InChI=1S/C13H19O5P/c1-4-16-19(15,17-5-2)11(3)18-13(14)12-9-7-6-8-10-12/h6-11H,4-5H2,1-3H3/t11-/m1/s1. The molecule has 0 spiro atoms. The molecule has 0 N–H and O–H groups in total. The average Bonchev–Trinajstić information content (AvgIpc) is 2.40. The summed E-state index contributed by atoms with van der Waals surface area (Å²) in [5, 5.41) is 0. The minimum atomic E-state index is -3.43. The SMILES string of the molecule is CCOP(=O)(OCC)[C@H](C)OC(=O)c1ccccc1. The summed E-state index contributed by atoms with van der Waals surface area (Å²) < 4.78 is 27.8. The van der Waals surface area contributed by atoms with E-state index in [1.807, 2.05) is 0 Å². The first-order valence-electron chi connectivity index (χ1n) is 6.18. The van der Waals surface area contributed by atoms with Crippen molar-refractivity contribution < 1.29 is 23.1 Å². The number of carbonyl (C=O) groups excluding carboxylic acids is 1. The van der Waals surface area contributed by atoms with Crippen LogP contribution in [0.25, 0.3) is 0 Å². The third-order valence-corrected chi connectivity index (χ3v) is 4.58. The number of esters is 1. The van der Waals surface area contributed by atoms with Crippen LogP contribution in [0.3, 0.4) is 0 Å². The fraction of sp³-hybridized carbons (Fsp3) is 0.462. The van der Waals surface area contributed by atoms with Crippen molar-refractivity contribution in [2.75, 3.05) is 13.2 Å². The first kappa shape index (κ1) is 15.9. The van der Waals surface area contributed by atoms with Gasteiger partial charge in [-0.05, 0) is 32.9 Å². The molecule has 0 amide bonds. The van der Waals surface area contributed by atoms with Crippen LogP contribution in [0.15, 0.2) is 30.3 Å². The number of carbonyl (C=O) groups is 1. The van der Waals surface area contributed by atoms with Crippen molar-refractivity contribution in [3.8, 4) is 0 Å². The summed E-state index contributed by atoms with van der Waals surface area (Å²) in [4.78, 5) is 11.9. The van der Waals surface area contributed by atoms with Gasteiger partial charge in [0.1, 0.15) is 0 Å². The molecular formula is C13H19O5P. The van der Waals surface area contributed by atoms with E-state index in [-0.39, 0.29) is 13.2 Å².